The molecule has 20 heavy (non-hydrogen) atoms. The monoisotopic (exact) mass is 277 g/mol. The number of rotatable bonds is 5. The molecule has 0 atom stereocenters. The maximum atomic E-state index is 11.1. The number of carbonyl (C=O) groups is 3. The first-order valence-corrected chi connectivity index (χ1v) is 5.38. The number of hydrogen-bond donors (Lipinski definition) is 3. The smallest absolute Gasteiger partial charge is 0.248 e. The Kier molecular flexibility index (Phi) is 7.89. The van der Waals surface area contributed by atoms with Gasteiger partial charge in [0.05, 0.1) is 0 Å². The third kappa shape index (κ3) is 5.69. The van der Waals surface area contributed by atoms with Crippen molar-refractivity contribution in [3.05, 3.63) is 43.0 Å². The fourth-order valence-electron chi connectivity index (χ4n) is 1.10. The molecule has 1 aromatic rings. The Balaban J connectivity index is 0.00000172. The standard InChI is InChI=1S/C12H11N3O3.CH4O/c1-3-11(17)14-9-5-8(7-16)6-10(13-9)15-12(18)4-2;1-2/h3-7H,1-2H2,(H2,13,14,15,17,18);2H,1H3. The van der Waals surface area contributed by atoms with Gasteiger partial charge in [0.25, 0.3) is 0 Å². The predicted octanol–water partition coefficient (Wildman–Crippen LogP) is 0.752. The average molecular weight is 277 g/mol. The summed E-state index contributed by atoms with van der Waals surface area (Å²) in [4.78, 5) is 36.9. The molecule has 1 rings (SSSR count). The van der Waals surface area contributed by atoms with Crippen molar-refractivity contribution in [1.29, 1.82) is 0 Å². The molecule has 7 nitrogen and oxygen atoms in total. The van der Waals surface area contributed by atoms with Gasteiger partial charge in [-0.15, -0.1) is 0 Å². The van der Waals surface area contributed by atoms with E-state index in [0.29, 0.717) is 6.29 Å². The van der Waals surface area contributed by atoms with Gasteiger partial charge in [-0.1, -0.05) is 13.2 Å². The van der Waals surface area contributed by atoms with Crippen LogP contribution in [-0.4, -0.2) is 35.3 Å². The van der Waals surface area contributed by atoms with Gasteiger partial charge >= 0.3 is 0 Å². The largest absolute Gasteiger partial charge is 0.400 e. The molecule has 0 bridgehead atoms. The second-order valence-corrected chi connectivity index (χ2v) is 3.18. The normalized spacial score (nSPS) is 8.50. The fraction of sp³-hybridized carbons (Fsp3) is 0.0769. The first kappa shape index (κ1) is 17.2. The van der Waals surface area contributed by atoms with Crippen LogP contribution in [0.4, 0.5) is 11.6 Å². The lowest BCUT2D eigenvalue weighted by Crippen LogP contribution is -2.13. The number of amides is 2. The number of carbonyl (C=O) groups excluding carboxylic acids is 3. The van der Waals surface area contributed by atoms with Crippen molar-refractivity contribution in [2.45, 2.75) is 0 Å². The molecule has 1 aromatic heterocycles. The van der Waals surface area contributed by atoms with Crippen LogP contribution in [0.3, 0.4) is 0 Å². The molecule has 0 radical (unpaired) electrons. The average Bonchev–Trinajstić information content (AvgIpc) is 2.48. The van der Waals surface area contributed by atoms with Gasteiger partial charge in [0.1, 0.15) is 17.9 Å². The molecule has 0 aliphatic carbocycles. The van der Waals surface area contributed by atoms with Crippen LogP contribution < -0.4 is 10.6 Å². The van der Waals surface area contributed by atoms with Crippen molar-refractivity contribution in [1.82, 2.24) is 4.98 Å². The van der Waals surface area contributed by atoms with E-state index in [0.717, 1.165) is 19.3 Å². The second-order valence-electron chi connectivity index (χ2n) is 3.18. The zero-order chi connectivity index (χ0) is 15.5. The number of hydrogen-bond acceptors (Lipinski definition) is 5. The Hall–Kier alpha value is -2.80. The topological polar surface area (TPSA) is 108 Å². The van der Waals surface area contributed by atoms with Crippen LogP contribution in [0, 0.1) is 0 Å². The highest BCUT2D eigenvalue weighted by Crippen LogP contribution is 2.13. The van der Waals surface area contributed by atoms with Gasteiger partial charge in [-0.2, -0.15) is 0 Å². The van der Waals surface area contributed by atoms with Crippen molar-refractivity contribution >= 4 is 29.7 Å². The molecule has 0 aliphatic rings. The number of nitrogens with one attached hydrogen (secondary N) is 2. The maximum Gasteiger partial charge on any atom is 0.248 e. The molecule has 3 N–H and O–H groups in total. The third-order valence-corrected chi connectivity index (χ3v) is 1.86. The molecule has 2 amide bonds. The van der Waals surface area contributed by atoms with E-state index in [4.69, 9.17) is 5.11 Å². The van der Waals surface area contributed by atoms with Gasteiger partial charge in [0.2, 0.25) is 11.8 Å². The first-order chi connectivity index (χ1) is 9.58. The van der Waals surface area contributed by atoms with E-state index in [9.17, 15) is 14.4 Å². The molecule has 0 unspecified atom stereocenters. The lowest BCUT2D eigenvalue weighted by molar-refractivity contribution is -0.112. The maximum absolute atomic E-state index is 11.1. The van der Waals surface area contributed by atoms with Gasteiger partial charge in [-0.05, 0) is 24.3 Å². The minimum Gasteiger partial charge on any atom is -0.400 e. The lowest BCUT2D eigenvalue weighted by atomic mass is 10.2. The zero-order valence-electron chi connectivity index (χ0n) is 10.9. The van der Waals surface area contributed by atoms with Crippen molar-refractivity contribution in [3.8, 4) is 0 Å². The summed E-state index contributed by atoms with van der Waals surface area (Å²) in [6.45, 7) is 6.58. The minimum atomic E-state index is -0.466. The molecule has 0 spiro atoms. The van der Waals surface area contributed by atoms with Gasteiger partial charge in [0.15, 0.2) is 0 Å². The van der Waals surface area contributed by atoms with Crippen molar-refractivity contribution < 1.29 is 19.5 Å². The zero-order valence-corrected chi connectivity index (χ0v) is 10.9. The van der Waals surface area contributed by atoms with E-state index >= 15 is 0 Å². The molecule has 0 fully saturated rings. The molecule has 1 heterocycles. The molecule has 106 valence electrons. The summed E-state index contributed by atoms with van der Waals surface area (Å²) in [5.41, 5.74) is 0.267. The molecule has 7 heteroatoms. The molecule has 0 aromatic carbocycles. The van der Waals surface area contributed by atoms with Crippen LogP contribution >= 0.6 is 0 Å². The quantitative estimate of drug-likeness (QED) is 0.543. The van der Waals surface area contributed by atoms with E-state index in [1.165, 1.54) is 12.1 Å². The Morgan fingerprint density at radius 2 is 1.50 bits per heavy atom. The van der Waals surface area contributed by atoms with Crippen molar-refractivity contribution in [3.63, 3.8) is 0 Å². The van der Waals surface area contributed by atoms with Crippen LogP contribution in [0.15, 0.2) is 37.4 Å². The number of nitrogens with zero attached hydrogens (tertiary/aromatic N) is 1. The van der Waals surface area contributed by atoms with Crippen LogP contribution in [0.2, 0.25) is 0 Å². The Morgan fingerprint density at radius 1 is 1.10 bits per heavy atom. The molecule has 0 saturated heterocycles. The van der Waals surface area contributed by atoms with Gasteiger partial charge in [-0.3, -0.25) is 14.4 Å². The van der Waals surface area contributed by atoms with E-state index in [1.807, 2.05) is 0 Å². The Morgan fingerprint density at radius 3 is 1.80 bits per heavy atom. The molecule has 0 aliphatic heterocycles. The number of pyridine rings is 1. The lowest BCUT2D eigenvalue weighted by Gasteiger charge is -2.06. The van der Waals surface area contributed by atoms with Crippen molar-refractivity contribution in [2.24, 2.45) is 0 Å². The van der Waals surface area contributed by atoms with Gasteiger partial charge < -0.3 is 15.7 Å². The van der Waals surface area contributed by atoms with E-state index in [1.54, 1.807) is 0 Å². The van der Waals surface area contributed by atoms with Crippen LogP contribution in [0.5, 0.6) is 0 Å². The summed E-state index contributed by atoms with van der Waals surface area (Å²) in [6, 6.07) is 2.75. The second kappa shape index (κ2) is 9.17. The van der Waals surface area contributed by atoms with Crippen LogP contribution in [0.1, 0.15) is 10.4 Å². The van der Waals surface area contributed by atoms with E-state index < -0.39 is 11.8 Å². The highest BCUT2D eigenvalue weighted by molar-refractivity contribution is 6.00. The number of aliphatic hydroxyl groups excluding tert-OH is 1. The Labute approximate surface area is 116 Å². The van der Waals surface area contributed by atoms with Gasteiger partial charge in [-0.25, -0.2) is 4.98 Å². The fourth-order valence-corrected chi connectivity index (χ4v) is 1.10. The molecule has 0 saturated carbocycles. The van der Waals surface area contributed by atoms with E-state index in [-0.39, 0.29) is 17.2 Å². The number of aldehydes is 1. The molecular weight excluding hydrogens is 262 g/mol. The number of aromatic nitrogens is 1. The highest BCUT2D eigenvalue weighted by atomic mass is 16.2. The van der Waals surface area contributed by atoms with Crippen LogP contribution in [0.25, 0.3) is 0 Å². The third-order valence-electron chi connectivity index (χ3n) is 1.86. The number of anilines is 2. The summed E-state index contributed by atoms with van der Waals surface area (Å²) in [5, 5.41) is 11.8. The van der Waals surface area contributed by atoms with Crippen LogP contribution in [-0.2, 0) is 9.59 Å². The SMILES string of the molecule is C=CC(=O)Nc1cc(C=O)cc(NC(=O)C=C)n1.CO. The first-order valence-electron chi connectivity index (χ1n) is 5.38. The molecular formula is C13H15N3O4. The van der Waals surface area contributed by atoms with E-state index in [2.05, 4.69) is 28.8 Å². The van der Waals surface area contributed by atoms with Gasteiger partial charge in [0, 0.05) is 12.7 Å². The summed E-state index contributed by atoms with van der Waals surface area (Å²) >= 11 is 0. The summed E-state index contributed by atoms with van der Waals surface area (Å²) in [5.74, 6) is -0.647. The summed E-state index contributed by atoms with van der Waals surface area (Å²) < 4.78 is 0. The highest BCUT2D eigenvalue weighted by Gasteiger charge is 2.06. The summed E-state index contributed by atoms with van der Waals surface area (Å²) in [6.07, 6.45) is 2.71. The Bertz CT molecular complexity index is 486. The summed E-state index contributed by atoms with van der Waals surface area (Å²) in [7, 11) is 1.00. The number of aliphatic hydroxyl groups is 1. The predicted molar refractivity (Wildman–Crippen MR) is 75.4 cm³/mol. The van der Waals surface area contributed by atoms with Crippen molar-refractivity contribution in [2.75, 3.05) is 17.7 Å². The minimum absolute atomic E-state index is 0.142.